The Labute approximate surface area is 173 Å². The lowest BCUT2D eigenvalue weighted by molar-refractivity contribution is 0.172. The van der Waals surface area contributed by atoms with E-state index < -0.39 is 0 Å². The molecule has 1 aromatic carbocycles. The van der Waals surface area contributed by atoms with Crippen LogP contribution >= 0.6 is 0 Å². The maximum Gasteiger partial charge on any atom is 0.334 e. The van der Waals surface area contributed by atoms with Crippen LogP contribution in [0.4, 0.5) is 5.95 Å². The quantitative estimate of drug-likeness (QED) is 0.668. The standard InChI is InChI=1S/C21H23N5O4/c1-25-14-7-5-6-8-15(14)26(21(25)27)18-9-10-22-20(24-18)23-13-11-16(28-2)19(30-4)17(12-13)29-3/h5-11,13H,12H2,1-4H3,(H,22,23,24). The van der Waals surface area contributed by atoms with Crippen molar-refractivity contribution in [3.8, 4) is 5.82 Å². The highest BCUT2D eigenvalue weighted by Crippen LogP contribution is 2.28. The summed E-state index contributed by atoms with van der Waals surface area (Å²) >= 11 is 0. The van der Waals surface area contributed by atoms with Gasteiger partial charge in [0, 0.05) is 25.7 Å². The zero-order valence-corrected chi connectivity index (χ0v) is 17.2. The number of hydrogen-bond donors (Lipinski definition) is 1. The van der Waals surface area contributed by atoms with Gasteiger partial charge in [0.05, 0.1) is 38.4 Å². The molecule has 0 saturated heterocycles. The first kappa shape index (κ1) is 19.6. The second kappa shape index (κ2) is 7.94. The summed E-state index contributed by atoms with van der Waals surface area (Å²) in [6, 6.07) is 9.12. The van der Waals surface area contributed by atoms with Crippen molar-refractivity contribution in [3.63, 3.8) is 0 Å². The van der Waals surface area contributed by atoms with Gasteiger partial charge < -0.3 is 19.5 Å². The van der Waals surface area contributed by atoms with Crippen LogP contribution in [0.15, 0.2) is 64.7 Å². The molecule has 156 valence electrons. The number of methoxy groups -OCH3 is 3. The fourth-order valence-electron chi connectivity index (χ4n) is 3.61. The molecule has 0 bridgehead atoms. The van der Waals surface area contributed by atoms with Gasteiger partial charge in [0.25, 0.3) is 0 Å². The average molecular weight is 409 g/mol. The molecule has 0 amide bonds. The number of anilines is 1. The van der Waals surface area contributed by atoms with Gasteiger partial charge in [0.2, 0.25) is 5.95 Å². The molecule has 9 nitrogen and oxygen atoms in total. The maximum absolute atomic E-state index is 12.8. The van der Waals surface area contributed by atoms with E-state index in [1.54, 1.807) is 49.8 Å². The van der Waals surface area contributed by atoms with Crippen LogP contribution in [-0.2, 0) is 21.3 Å². The molecule has 1 N–H and O–H groups in total. The largest absolute Gasteiger partial charge is 0.497 e. The van der Waals surface area contributed by atoms with Crippen LogP contribution < -0.4 is 11.0 Å². The number of para-hydroxylation sites is 2. The molecule has 9 heteroatoms. The van der Waals surface area contributed by atoms with Crippen LogP contribution in [0.25, 0.3) is 16.9 Å². The fraction of sp³-hybridized carbons (Fsp3) is 0.286. The number of fused-ring (bicyclic) bond motifs is 1. The topological polar surface area (TPSA) is 92.4 Å². The van der Waals surface area contributed by atoms with Gasteiger partial charge in [-0.1, -0.05) is 12.1 Å². The molecule has 0 radical (unpaired) electrons. The van der Waals surface area contributed by atoms with Crippen molar-refractivity contribution < 1.29 is 14.2 Å². The molecule has 1 aliphatic carbocycles. The van der Waals surface area contributed by atoms with Gasteiger partial charge >= 0.3 is 5.69 Å². The fourth-order valence-corrected chi connectivity index (χ4v) is 3.61. The van der Waals surface area contributed by atoms with E-state index in [0.29, 0.717) is 35.5 Å². The molecule has 0 aliphatic heterocycles. The normalized spacial score (nSPS) is 16.4. The first-order valence-electron chi connectivity index (χ1n) is 9.41. The molecule has 2 aromatic heterocycles. The summed E-state index contributed by atoms with van der Waals surface area (Å²) < 4.78 is 19.4. The van der Waals surface area contributed by atoms with Crippen molar-refractivity contribution >= 4 is 17.0 Å². The van der Waals surface area contributed by atoms with E-state index in [-0.39, 0.29) is 11.7 Å². The second-order valence-electron chi connectivity index (χ2n) is 6.75. The van der Waals surface area contributed by atoms with Gasteiger partial charge in [-0.2, -0.15) is 4.98 Å². The SMILES string of the molecule is COC1=CC(Nc2nccc(-n3c(=O)n(C)c4ccccc43)n2)CC(OC)=C1OC. The third kappa shape index (κ3) is 3.28. The van der Waals surface area contributed by atoms with Crippen LogP contribution in [0.3, 0.4) is 0 Å². The Kier molecular flexibility index (Phi) is 5.18. The van der Waals surface area contributed by atoms with Crippen LogP contribution in [0.2, 0.25) is 0 Å². The Bertz CT molecular complexity index is 1210. The van der Waals surface area contributed by atoms with Crippen LogP contribution in [-0.4, -0.2) is 46.5 Å². The molecule has 30 heavy (non-hydrogen) atoms. The van der Waals surface area contributed by atoms with E-state index in [0.717, 1.165) is 11.0 Å². The third-order valence-electron chi connectivity index (χ3n) is 5.05. The molecule has 2 heterocycles. The van der Waals surface area contributed by atoms with Gasteiger partial charge in [-0.05, 0) is 18.2 Å². The van der Waals surface area contributed by atoms with Crippen molar-refractivity contribution in [2.45, 2.75) is 12.5 Å². The number of aryl methyl sites for hydroxylation is 1. The lowest BCUT2D eigenvalue weighted by Crippen LogP contribution is -2.26. The van der Waals surface area contributed by atoms with E-state index >= 15 is 0 Å². The number of rotatable bonds is 6. The zero-order chi connectivity index (χ0) is 21.3. The molecule has 0 spiro atoms. The van der Waals surface area contributed by atoms with Crippen LogP contribution in [0, 0.1) is 0 Å². The summed E-state index contributed by atoms with van der Waals surface area (Å²) in [7, 11) is 6.48. The molecule has 1 unspecified atom stereocenters. The van der Waals surface area contributed by atoms with E-state index in [4.69, 9.17) is 14.2 Å². The van der Waals surface area contributed by atoms with Crippen molar-refractivity contribution in [2.24, 2.45) is 7.05 Å². The second-order valence-corrected chi connectivity index (χ2v) is 6.75. The van der Waals surface area contributed by atoms with Crippen molar-refractivity contribution in [2.75, 3.05) is 26.6 Å². The maximum atomic E-state index is 12.8. The Hall–Kier alpha value is -3.75. The van der Waals surface area contributed by atoms with Gasteiger partial charge in [-0.15, -0.1) is 0 Å². The van der Waals surface area contributed by atoms with E-state index in [1.165, 1.54) is 0 Å². The van der Waals surface area contributed by atoms with E-state index in [9.17, 15) is 4.79 Å². The van der Waals surface area contributed by atoms with Crippen molar-refractivity contribution in [1.82, 2.24) is 19.1 Å². The summed E-state index contributed by atoms with van der Waals surface area (Å²) in [6.45, 7) is 0. The highest BCUT2D eigenvalue weighted by molar-refractivity contribution is 5.77. The minimum Gasteiger partial charge on any atom is -0.497 e. The molecular formula is C21H23N5O4. The highest BCUT2D eigenvalue weighted by atomic mass is 16.5. The average Bonchev–Trinajstić information content (AvgIpc) is 3.03. The van der Waals surface area contributed by atoms with Gasteiger partial charge in [-0.25, -0.2) is 14.3 Å². The molecule has 1 atom stereocenters. The molecular weight excluding hydrogens is 386 g/mol. The van der Waals surface area contributed by atoms with Gasteiger partial charge in [0.1, 0.15) is 11.6 Å². The predicted molar refractivity (Wildman–Crippen MR) is 112 cm³/mol. The van der Waals surface area contributed by atoms with Gasteiger partial charge in [0.15, 0.2) is 11.5 Å². The first-order chi connectivity index (χ1) is 14.6. The Morgan fingerprint density at radius 2 is 1.83 bits per heavy atom. The Balaban J connectivity index is 1.68. The number of aromatic nitrogens is 4. The summed E-state index contributed by atoms with van der Waals surface area (Å²) in [5.41, 5.74) is 1.44. The predicted octanol–water partition coefficient (Wildman–Crippen LogP) is 2.34. The summed E-state index contributed by atoms with van der Waals surface area (Å²) in [5.74, 6) is 2.67. The number of nitrogens with zero attached hydrogens (tertiary/aromatic N) is 4. The monoisotopic (exact) mass is 409 g/mol. The summed E-state index contributed by atoms with van der Waals surface area (Å²) in [4.78, 5) is 21.7. The lowest BCUT2D eigenvalue weighted by atomic mass is 10.0. The molecule has 0 fully saturated rings. The number of imidazole rings is 1. The summed E-state index contributed by atoms with van der Waals surface area (Å²) in [6.07, 6.45) is 4.05. The molecule has 3 aromatic rings. The lowest BCUT2D eigenvalue weighted by Gasteiger charge is -2.25. The number of nitrogens with one attached hydrogen (secondary N) is 1. The highest BCUT2D eigenvalue weighted by Gasteiger charge is 2.25. The number of hydrogen-bond acceptors (Lipinski definition) is 7. The third-order valence-corrected chi connectivity index (χ3v) is 5.05. The number of ether oxygens (including phenoxy) is 3. The molecule has 4 rings (SSSR count). The number of benzene rings is 1. The van der Waals surface area contributed by atoms with Crippen LogP contribution in [0.5, 0.6) is 0 Å². The zero-order valence-electron chi connectivity index (χ0n) is 17.2. The van der Waals surface area contributed by atoms with Gasteiger partial charge in [-0.3, -0.25) is 4.57 Å². The Morgan fingerprint density at radius 1 is 1.07 bits per heavy atom. The van der Waals surface area contributed by atoms with E-state index in [1.807, 2.05) is 30.3 Å². The van der Waals surface area contributed by atoms with Crippen LogP contribution in [0.1, 0.15) is 6.42 Å². The van der Waals surface area contributed by atoms with E-state index in [2.05, 4.69) is 15.3 Å². The smallest absolute Gasteiger partial charge is 0.334 e. The summed E-state index contributed by atoms with van der Waals surface area (Å²) in [5, 5.41) is 3.27. The Morgan fingerprint density at radius 3 is 2.53 bits per heavy atom. The minimum atomic E-state index is -0.173. The molecule has 0 saturated carbocycles. The first-order valence-corrected chi connectivity index (χ1v) is 9.41. The minimum absolute atomic E-state index is 0.172. The van der Waals surface area contributed by atoms with Crippen molar-refractivity contribution in [3.05, 3.63) is 70.4 Å². The molecule has 1 aliphatic rings. The van der Waals surface area contributed by atoms with Crippen molar-refractivity contribution in [1.29, 1.82) is 0 Å².